The highest BCUT2D eigenvalue weighted by Gasteiger charge is 2.18. The van der Waals surface area contributed by atoms with E-state index >= 15 is 0 Å². The van der Waals surface area contributed by atoms with Crippen LogP contribution in [0.3, 0.4) is 0 Å². The zero-order valence-electron chi connectivity index (χ0n) is 15.9. The minimum Gasteiger partial charge on any atom is -0.497 e. The number of halogens is 1. The van der Waals surface area contributed by atoms with E-state index in [1.807, 2.05) is 43.3 Å². The van der Waals surface area contributed by atoms with Crippen molar-refractivity contribution in [2.75, 3.05) is 20.7 Å². The van der Waals surface area contributed by atoms with Gasteiger partial charge in [-0.2, -0.15) is 0 Å². The summed E-state index contributed by atoms with van der Waals surface area (Å²) in [5.41, 5.74) is 1.02. The number of nitrogens with one attached hydrogen (secondary N) is 1. The molecule has 0 spiro atoms. The van der Waals surface area contributed by atoms with E-state index < -0.39 is 12.0 Å². The largest absolute Gasteiger partial charge is 0.497 e. The third-order valence-corrected chi connectivity index (χ3v) is 4.33. The van der Waals surface area contributed by atoms with Crippen LogP contribution >= 0.6 is 12.4 Å². The molecule has 2 aromatic carbocycles. The van der Waals surface area contributed by atoms with Crippen LogP contribution in [-0.4, -0.2) is 48.6 Å². The van der Waals surface area contributed by atoms with Crippen LogP contribution in [0.15, 0.2) is 36.4 Å². The van der Waals surface area contributed by atoms with Gasteiger partial charge in [-0.1, -0.05) is 31.5 Å². The van der Waals surface area contributed by atoms with Crippen molar-refractivity contribution in [1.82, 2.24) is 10.2 Å². The second-order valence-corrected chi connectivity index (χ2v) is 6.36. The third kappa shape index (κ3) is 6.41. The van der Waals surface area contributed by atoms with E-state index in [1.54, 1.807) is 19.1 Å². The molecular formula is C20H27ClN2O4. The molecule has 148 valence electrons. The number of ether oxygens (including phenoxy) is 1. The maximum Gasteiger partial charge on any atom is 0.320 e. The van der Waals surface area contributed by atoms with Crippen LogP contribution in [0.1, 0.15) is 25.3 Å². The van der Waals surface area contributed by atoms with E-state index in [4.69, 9.17) is 9.84 Å². The van der Waals surface area contributed by atoms with Gasteiger partial charge in [-0.25, -0.2) is 0 Å². The van der Waals surface area contributed by atoms with Gasteiger partial charge in [-0.15, -0.1) is 12.4 Å². The molecule has 0 aromatic heterocycles. The van der Waals surface area contributed by atoms with Crippen molar-refractivity contribution < 1.29 is 19.4 Å². The van der Waals surface area contributed by atoms with Crippen molar-refractivity contribution in [2.45, 2.75) is 32.4 Å². The lowest BCUT2D eigenvalue weighted by molar-refractivity contribution is -0.140. The fourth-order valence-corrected chi connectivity index (χ4v) is 2.81. The molecule has 0 saturated heterocycles. The number of likely N-dealkylation sites (N-methyl/N-ethyl adjacent to an activating group) is 1. The normalized spacial score (nSPS) is 11.5. The van der Waals surface area contributed by atoms with Gasteiger partial charge in [-0.05, 0) is 41.0 Å². The Balaban J connectivity index is 0.00000364. The minimum atomic E-state index is -0.924. The summed E-state index contributed by atoms with van der Waals surface area (Å²) in [4.78, 5) is 25.0. The molecule has 2 N–H and O–H groups in total. The number of hydrogen-bond acceptors (Lipinski definition) is 4. The highest BCUT2D eigenvalue weighted by Crippen LogP contribution is 2.22. The molecule has 6 nitrogen and oxygen atoms in total. The van der Waals surface area contributed by atoms with Gasteiger partial charge in [-0.3, -0.25) is 14.9 Å². The second kappa shape index (κ2) is 10.7. The molecule has 0 aliphatic rings. The van der Waals surface area contributed by atoms with E-state index in [0.29, 0.717) is 13.0 Å². The molecule has 0 heterocycles. The lowest BCUT2D eigenvalue weighted by Crippen LogP contribution is -2.43. The fourth-order valence-electron chi connectivity index (χ4n) is 2.81. The van der Waals surface area contributed by atoms with E-state index in [9.17, 15) is 9.59 Å². The molecule has 0 aliphatic carbocycles. The summed E-state index contributed by atoms with van der Waals surface area (Å²) < 4.78 is 5.23. The molecule has 7 heteroatoms. The molecule has 0 saturated carbocycles. The van der Waals surface area contributed by atoms with E-state index in [1.165, 1.54) is 0 Å². The third-order valence-electron chi connectivity index (χ3n) is 4.33. The molecule has 0 fully saturated rings. The molecule has 1 amide bonds. The quantitative estimate of drug-likeness (QED) is 0.683. The molecule has 2 aromatic rings. The van der Waals surface area contributed by atoms with Crippen molar-refractivity contribution in [1.29, 1.82) is 0 Å². The molecule has 1 atom stereocenters. The zero-order chi connectivity index (χ0) is 19.1. The molecule has 2 rings (SSSR count). The molecule has 1 unspecified atom stereocenters. The number of aliphatic carboxylic acids is 1. The van der Waals surface area contributed by atoms with Crippen molar-refractivity contribution in [2.24, 2.45) is 0 Å². The second-order valence-electron chi connectivity index (χ2n) is 6.36. The summed E-state index contributed by atoms with van der Waals surface area (Å²) in [7, 11) is 3.36. The highest BCUT2D eigenvalue weighted by atomic mass is 35.5. The maximum atomic E-state index is 12.3. The topological polar surface area (TPSA) is 78.9 Å². The van der Waals surface area contributed by atoms with Gasteiger partial charge < -0.3 is 14.7 Å². The Bertz CT molecular complexity index is 782. The average molecular weight is 395 g/mol. The van der Waals surface area contributed by atoms with Crippen LogP contribution < -0.4 is 10.1 Å². The number of methoxy groups -OCH3 is 1. The smallest absolute Gasteiger partial charge is 0.320 e. The first-order valence-corrected chi connectivity index (χ1v) is 8.71. The summed E-state index contributed by atoms with van der Waals surface area (Å²) in [5.74, 6) is -0.252. The number of benzene rings is 2. The SMILES string of the molecule is CCCC(NCC(=O)N(C)Cc1ccc2cc(OC)ccc2c1)C(=O)O.Cl. The van der Waals surface area contributed by atoms with E-state index in [0.717, 1.165) is 28.5 Å². The number of carboxylic acid groups (broad SMARTS) is 1. The summed E-state index contributed by atoms with van der Waals surface area (Å²) >= 11 is 0. The van der Waals surface area contributed by atoms with Gasteiger partial charge in [0.25, 0.3) is 0 Å². The molecular weight excluding hydrogens is 368 g/mol. The van der Waals surface area contributed by atoms with Crippen LogP contribution in [0.4, 0.5) is 0 Å². The van der Waals surface area contributed by atoms with Gasteiger partial charge >= 0.3 is 5.97 Å². The van der Waals surface area contributed by atoms with Crippen LogP contribution in [0.5, 0.6) is 5.75 Å². The van der Waals surface area contributed by atoms with E-state index in [2.05, 4.69) is 5.32 Å². The number of carbonyl (C=O) groups excluding carboxylic acids is 1. The lowest BCUT2D eigenvalue weighted by Gasteiger charge is -2.20. The maximum absolute atomic E-state index is 12.3. The van der Waals surface area contributed by atoms with Gasteiger partial charge in [0.05, 0.1) is 13.7 Å². The molecule has 27 heavy (non-hydrogen) atoms. The number of rotatable bonds is 9. The number of fused-ring (bicyclic) bond motifs is 1. The highest BCUT2D eigenvalue weighted by molar-refractivity contribution is 5.85. The van der Waals surface area contributed by atoms with Gasteiger partial charge in [0, 0.05) is 13.6 Å². The Kier molecular flexibility index (Phi) is 9.05. The Morgan fingerprint density at radius 3 is 2.48 bits per heavy atom. The molecule has 0 aliphatic heterocycles. The molecule has 0 radical (unpaired) electrons. The van der Waals surface area contributed by atoms with Gasteiger partial charge in [0.2, 0.25) is 5.91 Å². The number of amides is 1. The van der Waals surface area contributed by atoms with Gasteiger partial charge in [0.1, 0.15) is 11.8 Å². The van der Waals surface area contributed by atoms with Crippen molar-refractivity contribution in [3.05, 3.63) is 42.0 Å². The lowest BCUT2D eigenvalue weighted by atomic mass is 10.1. The number of carboxylic acids is 1. The van der Waals surface area contributed by atoms with E-state index in [-0.39, 0.29) is 24.9 Å². The number of carbonyl (C=O) groups is 2. The zero-order valence-corrected chi connectivity index (χ0v) is 16.7. The Hall–Kier alpha value is -2.31. The Morgan fingerprint density at radius 2 is 1.85 bits per heavy atom. The predicted octanol–water partition coefficient (Wildman–Crippen LogP) is 3.07. The van der Waals surface area contributed by atoms with Crippen molar-refractivity contribution in [3.63, 3.8) is 0 Å². The first kappa shape index (κ1) is 22.7. The first-order chi connectivity index (χ1) is 12.4. The van der Waals surface area contributed by atoms with Crippen LogP contribution in [-0.2, 0) is 16.1 Å². The summed E-state index contributed by atoms with van der Waals surface area (Å²) in [5, 5.41) is 14.1. The Morgan fingerprint density at radius 1 is 1.19 bits per heavy atom. The average Bonchev–Trinajstić information content (AvgIpc) is 2.64. The predicted molar refractivity (Wildman–Crippen MR) is 109 cm³/mol. The van der Waals surface area contributed by atoms with Crippen LogP contribution in [0.25, 0.3) is 10.8 Å². The molecule has 0 bridgehead atoms. The standard InChI is InChI=1S/C20H26N2O4.ClH/c1-4-5-18(20(24)25)21-12-19(23)22(2)13-14-6-7-16-11-17(26-3)9-8-15(16)10-14;/h6-11,18,21H,4-5,12-13H2,1-3H3,(H,24,25);1H. The first-order valence-electron chi connectivity index (χ1n) is 8.71. The number of nitrogens with zero attached hydrogens (tertiary/aromatic N) is 1. The summed E-state index contributed by atoms with van der Waals surface area (Å²) in [6.45, 7) is 2.40. The van der Waals surface area contributed by atoms with Crippen LogP contribution in [0.2, 0.25) is 0 Å². The monoisotopic (exact) mass is 394 g/mol. The fraction of sp³-hybridized carbons (Fsp3) is 0.400. The van der Waals surface area contributed by atoms with Gasteiger partial charge in [0.15, 0.2) is 0 Å². The summed E-state index contributed by atoms with van der Waals surface area (Å²) in [6.07, 6.45) is 1.25. The Labute approximate surface area is 165 Å². The summed E-state index contributed by atoms with van der Waals surface area (Å²) in [6, 6.07) is 11.2. The van der Waals surface area contributed by atoms with Crippen LogP contribution in [0, 0.1) is 0 Å². The van der Waals surface area contributed by atoms with Crippen molar-refractivity contribution in [3.8, 4) is 5.75 Å². The van der Waals surface area contributed by atoms with Crippen molar-refractivity contribution >= 4 is 35.1 Å². The minimum absolute atomic E-state index is 0. The number of hydrogen-bond donors (Lipinski definition) is 2.